The minimum absolute atomic E-state index is 0.240. The molecule has 1 aromatic carbocycles. The molecule has 5 N–H and O–H groups in total. The lowest BCUT2D eigenvalue weighted by molar-refractivity contribution is 0.0697. The fourth-order valence-corrected chi connectivity index (χ4v) is 3.42. The number of carboxylic acids is 1. The van der Waals surface area contributed by atoms with Crippen LogP contribution in [0.2, 0.25) is 0 Å². The fraction of sp³-hybridized carbons (Fsp3) is 0.273. The summed E-state index contributed by atoms with van der Waals surface area (Å²) in [5.41, 5.74) is 8.88. The maximum Gasteiger partial charge on any atom is 0.335 e. The predicted octanol–water partition coefficient (Wildman–Crippen LogP) is 2.45. The molecule has 32 heavy (non-hydrogen) atoms. The van der Waals surface area contributed by atoms with Crippen molar-refractivity contribution in [3.05, 3.63) is 53.0 Å². The van der Waals surface area contributed by atoms with Crippen LogP contribution in [-0.4, -0.2) is 69.4 Å². The molecule has 1 saturated heterocycles. The standard InChI is InChI=1S/C22H26N8O2/c1-14-13-18(28-27-14)25-20-19(23)21(30-11-9-29(2)10-12-30)26-17(24-20)8-5-15-3-6-16(7-4-15)22(31)32/h3-8,13H,9-12,23H2,1-2H3,(H,31,32)(H2,24,25,26,27,28)/b8-5+. The highest BCUT2D eigenvalue weighted by Gasteiger charge is 2.21. The quantitative estimate of drug-likeness (QED) is 0.461. The molecule has 1 fully saturated rings. The third kappa shape index (κ3) is 4.86. The van der Waals surface area contributed by atoms with Gasteiger partial charge in [0.15, 0.2) is 17.5 Å². The van der Waals surface area contributed by atoms with Crippen LogP contribution in [0.25, 0.3) is 12.2 Å². The van der Waals surface area contributed by atoms with Gasteiger partial charge in [-0.25, -0.2) is 14.8 Å². The molecule has 0 aliphatic carbocycles. The molecule has 0 spiro atoms. The Hall–Kier alpha value is -3.92. The Morgan fingerprint density at radius 3 is 2.50 bits per heavy atom. The van der Waals surface area contributed by atoms with Crippen molar-refractivity contribution in [3.8, 4) is 0 Å². The van der Waals surface area contributed by atoms with Gasteiger partial charge < -0.3 is 26.0 Å². The van der Waals surface area contributed by atoms with E-state index < -0.39 is 5.97 Å². The SMILES string of the molecule is Cc1cc(Nc2nc(/C=C/c3ccc(C(=O)O)cc3)nc(N3CCN(C)CC3)c2N)[nH]n1. The third-order valence-corrected chi connectivity index (χ3v) is 5.29. The van der Waals surface area contributed by atoms with Crippen LogP contribution in [-0.2, 0) is 0 Å². The van der Waals surface area contributed by atoms with E-state index in [1.807, 2.05) is 19.1 Å². The summed E-state index contributed by atoms with van der Waals surface area (Å²) < 4.78 is 0. The van der Waals surface area contributed by atoms with Crippen molar-refractivity contribution in [2.45, 2.75) is 6.92 Å². The van der Waals surface area contributed by atoms with Crippen LogP contribution < -0.4 is 16.0 Å². The summed E-state index contributed by atoms with van der Waals surface area (Å²) in [5.74, 6) is 1.42. The Morgan fingerprint density at radius 2 is 1.88 bits per heavy atom. The Morgan fingerprint density at radius 1 is 1.16 bits per heavy atom. The molecule has 4 rings (SSSR count). The number of H-pyrrole nitrogens is 1. The number of likely N-dealkylation sites (N-methyl/N-ethyl adjacent to an activating group) is 1. The van der Waals surface area contributed by atoms with Gasteiger partial charge in [0, 0.05) is 32.2 Å². The molecule has 0 atom stereocenters. The predicted molar refractivity (Wildman–Crippen MR) is 125 cm³/mol. The van der Waals surface area contributed by atoms with Crippen LogP contribution >= 0.6 is 0 Å². The number of rotatable bonds is 6. The number of nitrogens with zero attached hydrogens (tertiary/aromatic N) is 5. The normalized spacial score (nSPS) is 14.8. The van der Waals surface area contributed by atoms with E-state index in [2.05, 4.69) is 37.3 Å². The molecule has 0 bridgehead atoms. The topological polar surface area (TPSA) is 136 Å². The second kappa shape index (κ2) is 9.06. The monoisotopic (exact) mass is 434 g/mol. The van der Waals surface area contributed by atoms with Gasteiger partial charge in [0.05, 0.1) is 11.3 Å². The van der Waals surface area contributed by atoms with Crippen LogP contribution in [0.5, 0.6) is 0 Å². The first-order valence-electron chi connectivity index (χ1n) is 10.3. The average molecular weight is 435 g/mol. The Bertz CT molecular complexity index is 1130. The number of carbonyl (C=O) groups is 1. The van der Waals surface area contributed by atoms with E-state index in [9.17, 15) is 4.79 Å². The van der Waals surface area contributed by atoms with E-state index in [1.165, 1.54) is 0 Å². The first-order valence-corrected chi connectivity index (χ1v) is 10.3. The molecule has 166 valence electrons. The van der Waals surface area contributed by atoms with Crippen molar-refractivity contribution in [3.63, 3.8) is 0 Å². The highest BCUT2D eigenvalue weighted by molar-refractivity contribution is 5.88. The van der Waals surface area contributed by atoms with Gasteiger partial charge in [-0.15, -0.1) is 0 Å². The second-order valence-electron chi connectivity index (χ2n) is 7.77. The van der Waals surface area contributed by atoms with Crippen molar-refractivity contribution >= 4 is 41.3 Å². The maximum absolute atomic E-state index is 11.0. The Labute approximate surface area is 185 Å². The largest absolute Gasteiger partial charge is 0.478 e. The number of benzene rings is 1. The van der Waals surface area contributed by atoms with Crippen molar-refractivity contribution in [2.24, 2.45) is 0 Å². The molecule has 1 aliphatic rings. The van der Waals surface area contributed by atoms with E-state index in [4.69, 9.17) is 15.8 Å². The molecule has 0 unspecified atom stereocenters. The highest BCUT2D eigenvalue weighted by Crippen LogP contribution is 2.30. The number of anilines is 4. The zero-order valence-electron chi connectivity index (χ0n) is 18.0. The molecule has 1 aliphatic heterocycles. The van der Waals surface area contributed by atoms with Gasteiger partial charge in [0.2, 0.25) is 0 Å². The number of piperazine rings is 1. The highest BCUT2D eigenvalue weighted by atomic mass is 16.4. The van der Waals surface area contributed by atoms with Crippen molar-refractivity contribution in [1.82, 2.24) is 25.1 Å². The molecule has 10 heteroatoms. The van der Waals surface area contributed by atoms with Gasteiger partial charge in [-0.2, -0.15) is 5.10 Å². The molecule has 3 aromatic rings. The van der Waals surface area contributed by atoms with E-state index in [-0.39, 0.29) is 5.56 Å². The first kappa shape index (κ1) is 21.3. The van der Waals surface area contributed by atoms with Crippen LogP contribution in [0, 0.1) is 6.92 Å². The lowest BCUT2D eigenvalue weighted by Crippen LogP contribution is -2.45. The molecule has 0 radical (unpaired) electrons. The smallest absolute Gasteiger partial charge is 0.335 e. The average Bonchev–Trinajstić information content (AvgIpc) is 3.19. The Kier molecular flexibility index (Phi) is 6.04. The lowest BCUT2D eigenvalue weighted by atomic mass is 10.1. The second-order valence-corrected chi connectivity index (χ2v) is 7.77. The number of hydrogen-bond donors (Lipinski definition) is 4. The van der Waals surface area contributed by atoms with E-state index in [0.717, 1.165) is 37.4 Å². The number of aromatic carboxylic acids is 1. The van der Waals surface area contributed by atoms with Crippen molar-refractivity contribution in [1.29, 1.82) is 0 Å². The summed E-state index contributed by atoms with van der Waals surface area (Å²) in [6, 6.07) is 8.48. The number of carboxylic acid groups (broad SMARTS) is 1. The fourth-order valence-electron chi connectivity index (χ4n) is 3.42. The van der Waals surface area contributed by atoms with E-state index >= 15 is 0 Å². The number of hydrogen-bond acceptors (Lipinski definition) is 8. The summed E-state index contributed by atoms with van der Waals surface area (Å²) in [5, 5.41) is 19.3. The first-order chi connectivity index (χ1) is 15.4. The summed E-state index contributed by atoms with van der Waals surface area (Å²) in [4.78, 5) is 24.8. The zero-order chi connectivity index (χ0) is 22.7. The number of aryl methyl sites for hydroxylation is 1. The number of aromatic nitrogens is 4. The van der Waals surface area contributed by atoms with Gasteiger partial charge in [-0.1, -0.05) is 18.2 Å². The maximum atomic E-state index is 11.0. The minimum atomic E-state index is -0.955. The van der Waals surface area contributed by atoms with Crippen LogP contribution in [0.3, 0.4) is 0 Å². The van der Waals surface area contributed by atoms with E-state index in [0.29, 0.717) is 29.0 Å². The van der Waals surface area contributed by atoms with Gasteiger partial charge in [0.25, 0.3) is 0 Å². The van der Waals surface area contributed by atoms with Gasteiger partial charge in [-0.05, 0) is 37.7 Å². The molecule has 0 saturated carbocycles. The van der Waals surface area contributed by atoms with Crippen LogP contribution in [0.15, 0.2) is 30.3 Å². The summed E-state index contributed by atoms with van der Waals surface area (Å²) in [6.07, 6.45) is 3.63. The zero-order valence-corrected chi connectivity index (χ0v) is 18.0. The van der Waals surface area contributed by atoms with Gasteiger partial charge in [0.1, 0.15) is 11.5 Å². The van der Waals surface area contributed by atoms with Gasteiger partial charge in [-0.3, -0.25) is 5.10 Å². The number of aromatic amines is 1. The Balaban J connectivity index is 1.66. The van der Waals surface area contributed by atoms with Crippen LogP contribution in [0.1, 0.15) is 27.4 Å². The van der Waals surface area contributed by atoms with Gasteiger partial charge >= 0.3 is 5.97 Å². The van der Waals surface area contributed by atoms with Crippen LogP contribution in [0.4, 0.5) is 23.1 Å². The van der Waals surface area contributed by atoms with E-state index in [1.54, 1.807) is 30.3 Å². The molecule has 0 amide bonds. The molecular weight excluding hydrogens is 408 g/mol. The number of nitrogens with two attached hydrogens (primary N) is 1. The number of nitrogens with one attached hydrogen (secondary N) is 2. The van der Waals surface area contributed by atoms with Crippen molar-refractivity contribution < 1.29 is 9.90 Å². The summed E-state index contributed by atoms with van der Waals surface area (Å²) >= 11 is 0. The summed E-state index contributed by atoms with van der Waals surface area (Å²) in [7, 11) is 2.10. The molecular formula is C22H26N8O2. The molecule has 3 heterocycles. The lowest BCUT2D eigenvalue weighted by Gasteiger charge is -2.34. The molecule has 10 nitrogen and oxygen atoms in total. The minimum Gasteiger partial charge on any atom is -0.478 e. The van der Waals surface area contributed by atoms with Crippen molar-refractivity contribution in [2.75, 3.05) is 49.2 Å². The summed E-state index contributed by atoms with van der Waals surface area (Å²) in [6.45, 7) is 5.38. The third-order valence-electron chi connectivity index (χ3n) is 5.29. The molecule has 2 aromatic heterocycles. The number of nitrogen functional groups attached to an aromatic ring is 1.